The maximum absolute atomic E-state index is 6.48. The molecule has 0 saturated carbocycles. The molecule has 0 unspecified atom stereocenters. The van der Waals surface area contributed by atoms with E-state index in [1.165, 1.54) is 16.5 Å². The lowest BCUT2D eigenvalue weighted by Crippen LogP contribution is -2.16. The number of fused-ring (bicyclic) bond motifs is 2. The van der Waals surface area contributed by atoms with Crippen molar-refractivity contribution in [2.75, 3.05) is 18.4 Å². The summed E-state index contributed by atoms with van der Waals surface area (Å²) in [6.45, 7) is 2.75. The second-order valence-corrected chi connectivity index (χ2v) is 6.61. The van der Waals surface area contributed by atoms with Crippen LogP contribution in [0, 0.1) is 0 Å². The quantitative estimate of drug-likeness (QED) is 0.752. The molecule has 3 nitrogen and oxygen atoms in total. The van der Waals surface area contributed by atoms with Gasteiger partial charge in [0.1, 0.15) is 0 Å². The standard InChI is InChI=1S/C20H20ClN3/c21-18-6-5-15-7-9-22-10-8-17(15)20(18)24-13-14-11-16-3-1-2-4-19(16)23-12-14/h1-6,11-12,22,24H,7-10,13H2. The number of halogens is 1. The van der Waals surface area contributed by atoms with Gasteiger partial charge in [-0.3, -0.25) is 4.98 Å². The third-order valence-corrected chi connectivity index (χ3v) is 4.91. The van der Waals surface area contributed by atoms with Crippen LogP contribution < -0.4 is 10.6 Å². The summed E-state index contributed by atoms with van der Waals surface area (Å²) >= 11 is 6.48. The Kier molecular flexibility index (Phi) is 4.37. The van der Waals surface area contributed by atoms with Crippen molar-refractivity contribution in [3.05, 3.63) is 70.4 Å². The van der Waals surface area contributed by atoms with Crippen LogP contribution in [-0.2, 0) is 19.4 Å². The molecule has 0 radical (unpaired) electrons. The van der Waals surface area contributed by atoms with Crippen LogP contribution in [-0.4, -0.2) is 18.1 Å². The van der Waals surface area contributed by atoms with E-state index in [2.05, 4.69) is 33.8 Å². The summed E-state index contributed by atoms with van der Waals surface area (Å²) in [5.74, 6) is 0. The van der Waals surface area contributed by atoms with Gasteiger partial charge in [-0.15, -0.1) is 0 Å². The molecule has 0 fully saturated rings. The summed E-state index contributed by atoms with van der Waals surface area (Å²) in [5.41, 5.74) is 6.00. The Morgan fingerprint density at radius 2 is 1.96 bits per heavy atom. The number of hydrogen-bond acceptors (Lipinski definition) is 3. The van der Waals surface area contributed by atoms with E-state index in [-0.39, 0.29) is 0 Å². The highest BCUT2D eigenvalue weighted by molar-refractivity contribution is 6.33. The molecule has 1 aromatic heterocycles. The summed E-state index contributed by atoms with van der Waals surface area (Å²) in [6, 6.07) is 14.5. The van der Waals surface area contributed by atoms with E-state index in [0.29, 0.717) is 0 Å². The molecule has 0 amide bonds. The molecule has 4 heteroatoms. The lowest BCUT2D eigenvalue weighted by molar-refractivity contribution is 0.711. The second kappa shape index (κ2) is 6.80. The van der Waals surface area contributed by atoms with E-state index in [9.17, 15) is 0 Å². The number of rotatable bonds is 3. The molecule has 24 heavy (non-hydrogen) atoms. The second-order valence-electron chi connectivity index (χ2n) is 6.20. The van der Waals surface area contributed by atoms with Crippen LogP contribution in [0.5, 0.6) is 0 Å². The summed E-state index contributed by atoms with van der Waals surface area (Å²) < 4.78 is 0. The zero-order valence-corrected chi connectivity index (χ0v) is 14.2. The van der Waals surface area contributed by atoms with E-state index in [0.717, 1.165) is 54.3 Å². The minimum absolute atomic E-state index is 0.724. The molecule has 122 valence electrons. The highest BCUT2D eigenvalue weighted by Gasteiger charge is 2.14. The van der Waals surface area contributed by atoms with Crippen molar-refractivity contribution < 1.29 is 0 Å². The number of hydrogen-bond donors (Lipinski definition) is 2. The van der Waals surface area contributed by atoms with Crippen molar-refractivity contribution in [2.24, 2.45) is 0 Å². The summed E-state index contributed by atoms with van der Waals surface area (Å²) in [4.78, 5) is 4.54. The van der Waals surface area contributed by atoms with Crippen LogP contribution in [0.4, 0.5) is 5.69 Å². The zero-order valence-electron chi connectivity index (χ0n) is 13.5. The first-order valence-corrected chi connectivity index (χ1v) is 8.77. The summed E-state index contributed by atoms with van der Waals surface area (Å²) in [7, 11) is 0. The molecule has 0 bridgehead atoms. The molecule has 0 aliphatic carbocycles. The Bertz CT molecular complexity index is 876. The molecule has 1 aliphatic heterocycles. The van der Waals surface area contributed by atoms with Crippen LogP contribution >= 0.6 is 11.6 Å². The van der Waals surface area contributed by atoms with E-state index >= 15 is 0 Å². The van der Waals surface area contributed by atoms with Gasteiger partial charge in [-0.2, -0.15) is 0 Å². The number of nitrogens with one attached hydrogen (secondary N) is 2. The number of para-hydroxylation sites is 1. The summed E-state index contributed by atoms with van der Waals surface area (Å²) in [5, 5.41) is 8.97. The van der Waals surface area contributed by atoms with E-state index in [1.54, 1.807) is 0 Å². The molecule has 2 aromatic carbocycles. The van der Waals surface area contributed by atoms with E-state index in [4.69, 9.17) is 11.6 Å². The van der Waals surface area contributed by atoms with Gasteiger partial charge >= 0.3 is 0 Å². The Balaban J connectivity index is 1.60. The van der Waals surface area contributed by atoms with Gasteiger partial charge in [0.05, 0.1) is 16.2 Å². The SMILES string of the molecule is Clc1ccc2c(c1NCc1cnc3ccccc3c1)CCNCC2. The zero-order chi connectivity index (χ0) is 16.4. The minimum atomic E-state index is 0.724. The molecular formula is C20H20ClN3. The van der Waals surface area contributed by atoms with Crippen molar-refractivity contribution in [2.45, 2.75) is 19.4 Å². The molecule has 4 rings (SSSR count). The first-order valence-electron chi connectivity index (χ1n) is 8.40. The Hall–Kier alpha value is -2.10. The third kappa shape index (κ3) is 3.10. The Morgan fingerprint density at radius 3 is 2.92 bits per heavy atom. The maximum Gasteiger partial charge on any atom is 0.0702 e. The lowest BCUT2D eigenvalue weighted by Gasteiger charge is -2.16. The fraction of sp³-hybridized carbons (Fsp3) is 0.250. The molecular weight excluding hydrogens is 318 g/mol. The fourth-order valence-corrected chi connectivity index (χ4v) is 3.58. The van der Waals surface area contributed by atoms with Crippen molar-refractivity contribution in [1.82, 2.24) is 10.3 Å². The van der Waals surface area contributed by atoms with Crippen molar-refractivity contribution >= 4 is 28.2 Å². The molecule has 3 aromatic rings. The smallest absolute Gasteiger partial charge is 0.0702 e. The predicted octanol–water partition coefficient (Wildman–Crippen LogP) is 4.19. The summed E-state index contributed by atoms with van der Waals surface area (Å²) in [6.07, 6.45) is 4.00. The van der Waals surface area contributed by atoms with Gasteiger partial charge in [0.15, 0.2) is 0 Å². The van der Waals surface area contributed by atoms with Crippen LogP contribution in [0.1, 0.15) is 16.7 Å². The molecule has 1 aliphatic rings. The average molecular weight is 338 g/mol. The number of benzene rings is 2. The predicted molar refractivity (Wildman–Crippen MR) is 101 cm³/mol. The largest absolute Gasteiger partial charge is 0.379 e. The van der Waals surface area contributed by atoms with Crippen molar-refractivity contribution in [1.29, 1.82) is 0 Å². The number of anilines is 1. The molecule has 0 saturated heterocycles. The normalized spacial score (nSPS) is 14.2. The van der Waals surface area contributed by atoms with Gasteiger partial charge < -0.3 is 10.6 Å². The van der Waals surface area contributed by atoms with Gasteiger partial charge in [-0.05, 0) is 60.8 Å². The number of pyridine rings is 1. The molecule has 0 atom stereocenters. The third-order valence-electron chi connectivity index (χ3n) is 4.60. The van der Waals surface area contributed by atoms with E-state index in [1.807, 2.05) is 30.5 Å². The average Bonchev–Trinajstić information content (AvgIpc) is 2.86. The van der Waals surface area contributed by atoms with Gasteiger partial charge in [0.25, 0.3) is 0 Å². The monoisotopic (exact) mass is 337 g/mol. The first kappa shape index (κ1) is 15.4. The van der Waals surface area contributed by atoms with Gasteiger partial charge in [0, 0.05) is 18.1 Å². The van der Waals surface area contributed by atoms with Crippen LogP contribution in [0.15, 0.2) is 48.7 Å². The maximum atomic E-state index is 6.48. The van der Waals surface area contributed by atoms with Gasteiger partial charge in [-0.1, -0.05) is 35.9 Å². The molecule has 2 N–H and O–H groups in total. The van der Waals surface area contributed by atoms with Crippen molar-refractivity contribution in [3.63, 3.8) is 0 Å². The molecule has 0 spiro atoms. The van der Waals surface area contributed by atoms with Crippen LogP contribution in [0.3, 0.4) is 0 Å². The minimum Gasteiger partial charge on any atom is -0.379 e. The van der Waals surface area contributed by atoms with Crippen LogP contribution in [0.2, 0.25) is 5.02 Å². The highest BCUT2D eigenvalue weighted by Crippen LogP contribution is 2.31. The Morgan fingerprint density at radius 1 is 1.08 bits per heavy atom. The first-order chi connectivity index (χ1) is 11.8. The van der Waals surface area contributed by atoms with E-state index < -0.39 is 0 Å². The highest BCUT2D eigenvalue weighted by atomic mass is 35.5. The van der Waals surface area contributed by atoms with Gasteiger partial charge in [0.2, 0.25) is 0 Å². The fourth-order valence-electron chi connectivity index (χ4n) is 3.34. The number of aromatic nitrogens is 1. The van der Waals surface area contributed by atoms with Gasteiger partial charge in [-0.25, -0.2) is 0 Å². The lowest BCUT2D eigenvalue weighted by atomic mass is 10.0. The Labute approximate surface area is 147 Å². The van der Waals surface area contributed by atoms with Crippen LogP contribution in [0.25, 0.3) is 10.9 Å². The van der Waals surface area contributed by atoms with Crippen molar-refractivity contribution in [3.8, 4) is 0 Å². The molecule has 2 heterocycles. The number of nitrogens with zero attached hydrogens (tertiary/aromatic N) is 1. The topological polar surface area (TPSA) is 37.0 Å².